The van der Waals surface area contributed by atoms with Gasteiger partial charge in [0.25, 0.3) is 5.56 Å². The lowest BCUT2D eigenvalue weighted by Crippen LogP contribution is -2.46. The van der Waals surface area contributed by atoms with Crippen LogP contribution in [0.5, 0.6) is 0 Å². The molecule has 0 amide bonds. The Morgan fingerprint density at radius 2 is 2.23 bits per heavy atom. The number of hydrogen-bond donors (Lipinski definition) is 2. The normalized spacial score (nSPS) is 23.1. The number of aryl methyl sites for hydroxylation is 1. The molecule has 2 aliphatic heterocycles. The van der Waals surface area contributed by atoms with Crippen LogP contribution in [0.1, 0.15) is 18.1 Å². The molecule has 2 N–H and O–H groups in total. The molecule has 5 rings (SSSR count). The van der Waals surface area contributed by atoms with Gasteiger partial charge in [0.2, 0.25) is 0 Å². The molecule has 5 heterocycles. The van der Waals surface area contributed by atoms with Crippen molar-refractivity contribution in [3.8, 4) is 0 Å². The van der Waals surface area contributed by atoms with Gasteiger partial charge in [0.05, 0.1) is 19.3 Å². The average molecular weight is 358 g/mol. The Labute approximate surface area is 146 Å². The van der Waals surface area contributed by atoms with Crippen LogP contribution in [0.2, 0.25) is 0 Å². The molecule has 1 fully saturated rings. The molecule has 1 atom stereocenters. The van der Waals surface area contributed by atoms with E-state index in [1.807, 2.05) is 0 Å². The molecule has 1 spiro atoms. The molecule has 0 saturated carbocycles. The summed E-state index contributed by atoms with van der Waals surface area (Å²) in [6.07, 6.45) is 2.33. The molecule has 136 valence electrons. The van der Waals surface area contributed by atoms with Crippen LogP contribution in [0.15, 0.2) is 15.8 Å². The number of ether oxygens (including phenoxy) is 1. The highest BCUT2D eigenvalue weighted by atomic mass is 16.5. The maximum Gasteiger partial charge on any atom is 0.343 e. The van der Waals surface area contributed by atoms with Crippen LogP contribution in [0.3, 0.4) is 0 Å². The highest BCUT2D eigenvalue weighted by Gasteiger charge is 2.43. The standard InChI is InChI=1S/C15H18N8O3/c1-21-12-9(4-16-21)13(24)18-10(17-12)5-22-3-2-15(7-22)8-23-11(6-26-15)19-20-14(23)25/h4H,2-3,5-8H2,1H3,(H,20,25)(H,17,18,24). The van der Waals surface area contributed by atoms with Crippen molar-refractivity contribution in [3.05, 3.63) is 38.7 Å². The second-order valence-corrected chi connectivity index (χ2v) is 6.98. The monoisotopic (exact) mass is 358 g/mol. The quantitative estimate of drug-likeness (QED) is 0.584. The van der Waals surface area contributed by atoms with Crippen LogP contribution in [0, 0.1) is 0 Å². The van der Waals surface area contributed by atoms with Crippen LogP contribution in [0.4, 0.5) is 0 Å². The van der Waals surface area contributed by atoms with Crippen molar-refractivity contribution < 1.29 is 4.74 Å². The van der Waals surface area contributed by atoms with Gasteiger partial charge in [-0.15, -0.1) is 0 Å². The minimum absolute atomic E-state index is 0.185. The molecular formula is C15H18N8O3. The summed E-state index contributed by atoms with van der Waals surface area (Å²) in [7, 11) is 1.76. The van der Waals surface area contributed by atoms with Gasteiger partial charge in [-0.05, 0) is 6.42 Å². The summed E-state index contributed by atoms with van der Waals surface area (Å²) in [5.74, 6) is 1.23. The van der Waals surface area contributed by atoms with Crippen LogP contribution < -0.4 is 11.2 Å². The first-order valence-electron chi connectivity index (χ1n) is 8.44. The largest absolute Gasteiger partial charge is 0.364 e. The number of rotatable bonds is 2. The van der Waals surface area contributed by atoms with Crippen molar-refractivity contribution in [2.45, 2.75) is 31.7 Å². The van der Waals surface area contributed by atoms with Gasteiger partial charge in [0.1, 0.15) is 23.4 Å². The fraction of sp³-hybridized carbons (Fsp3) is 0.533. The number of nitrogens with one attached hydrogen (secondary N) is 2. The van der Waals surface area contributed by atoms with E-state index in [-0.39, 0.29) is 11.2 Å². The number of nitrogens with zero attached hydrogens (tertiary/aromatic N) is 6. The third kappa shape index (κ3) is 2.31. The highest BCUT2D eigenvalue weighted by Crippen LogP contribution is 2.31. The van der Waals surface area contributed by atoms with E-state index < -0.39 is 5.60 Å². The van der Waals surface area contributed by atoms with Gasteiger partial charge in [-0.1, -0.05) is 0 Å². The topological polar surface area (TPSA) is 127 Å². The van der Waals surface area contributed by atoms with Crippen LogP contribution in [0.25, 0.3) is 11.0 Å². The number of aromatic nitrogens is 7. The SMILES string of the molecule is Cn1ncc2c(=O)[nH]c(CN3CCC4(C3)Cn3c(n[nH]c3=O)CO4)nc21. The molecule has 11 heteroatoms. The zero-order chi connectivity index (χ0) is 17.9. The number of aromatic amines is 2. The van der Waals surface area contributed by atoms with Gasteiger partial charge in [0.15, 0.2) is 11.5 Å². The first-order valence-corrected chi connectivity index (χ1v) is 8.44. The Morgan fingerprint density at radius 3 is 3.12 bits per heavy atom. The molecule has 0 bridgehead atoms. The van der Waals surface area contributed by atoms with E-state index in [4.69, 9.17) is 4.74 Å². The maximum atomic E-state index is 12.2. The fourth-order valence-electron chi connectivity index (χ4n) is 3.85. The summed E-state index contributed by atoms with van der Waals surface area (Å²) in [6.45, 7) is 2.78. The van der Waals surface area contributed by atoms with E-state index in [0.29, 0.717) is 48.9 Å². The summed E-state index contributed by atoms with van der Waals surface area (Å²) in [4.78, 5) is 33.6. The molecule has 26 heavy (non-hydrogen) atoms. The predicted molar refractivity (Wildman–Crippen MR) is 89.4 cm³/mol. The highest BCUT2D eigenvalue weighted by molar-refractivity contribution is 5.72. The summed E-state index contributed by atoms with van der Waals surface area (Å²) in [5.41, 5.74) is -0.220. The van der Waals surface area contributed by atoms with E-state index in [0.717, 1.165) is 13.0 Å². The van der Waals surface area contributed by atoms with Gasteiger partial charge in [0, 0.05) is 20.1 Å². The van der Waals surface area contributed by atoms with Crippen molar-refractivity contribution in [1.29, 1.82) is 0 Å². The van der Waals surface area contributed by atoms with Crippen LogP contribution in [-0.2, 0) is 31.5 Å². The first-order chi connectivity index (χ1) is 12.5. The Bertz CT molecular complexity index is 1110. The summed E-state index contributed by atoms with van der Waals surface area (Å²) in [6, 6.07) is 0. The Hall–Kier alpha value is -2.79. The van der Waals surface area contributed by atoms with Crippen molar-refractivity contribution in [2.24, 2.45) is 7.05 Å². The molecule has 0 radical (unpaired) electrons. The van der Waals surface area contributed by atoms with E-state index in [2.05, 4.69) is 30.2 Å². The van der Waals surface area contributed by atoms with Crippen LogP contribution >= 0.6 is 0 Å². The van der Waals surface area contributed by atoms with Gasteiger partial charge < -0.3 is 9.72 Å². The maximum absolute atomic E-state index is 12.2. The summed E-state index contributed by atoms with van der Waals surface area (Å²) < 4.78 is 9.29. The van der Waals surface area contributed by atoms with Gasteiger partial charge >= 0.3 is 5.69 Å². The molecule has 1 unspecified atom stereocenters. The van der Waals surface area contributed by atoms with Gasteiger partial charge in [-0.2, -0.15) is 10.2 Å². The van der Waals surface area contributed by atoms with Gasteiger partial charge in [-0.25, -0.2) is 14.9 Å². The molecule has 2 aliphatic rings. The fourth-order valence-corrected chi connectivity index (χ4v) is 3.85. The number of H-pyrrole nitrogens is 2. The zero-order valence-corrected chi connectivity index (χ0v) is 14.2. The second kappa shape index (κ2) is 5.35. The summed E-state index contributed by atoms with van der Waals surface area (Å²) >= 11 is 0. The van der Waals surface area contributed by atoms with Crippen molar-refractivity contribution in [3.63, 3.8) is 0 Å². The third-order valence-corrected chi connectivity index (χ3v) is 5.21. The lowest BCUT2D eigenvalue weighted by molar-refractivity contribution is -0.0833. The van der Waals surface area contributed by atoms with Gasteiger partial charge in [-0.3, -0.25) is 18.9 Å². The lowest BCUT2D eigenvalue weighted by Gasteiger charge is -2.33. The Morgan fingerprint density at radius 1 is 1.35 bits per heavy atom. The zero-order valence-electron chi connectivity index (χ0n) is 14.2. The molecular weight excluding hydrogens is 340 g/mol. The number of likely N-dealkylation sites (tertiary alicyclic amines) is 1. The molecule has 11 nitrogen and oxygen atoms in total. The van der Waals surface area contributed by atoms with E-state index in [9.17, 15) is 9.59 Å². The molecule has 0 aromatic carbocycles. The predicted octanol–water partition coefficient (Wildman–Crippen LogP) is -1.28. The van der Waals surface area contributed by atoms with E-state index >= 15 is 0 Å². The third-order valence-electron chi connectivity index (χ3n) is 5.21. The van der Waals surface area contributed by atoms with Crippen LogP contribution in [-0.4, -0.2) is 58.1 Å². The number of fused-ring (bicyclic) bond motifs is 2. The molecule has 1 saturated heterocycles. The van der Waals surface area contributed by atoms with E-state index in [1.54, 1.807) is 16.3 Å². The van der Waals surface area contributed by atoms with Crippen molar-refractivity contribution >= 4 is 11.0 Å². The van der Waals surface area contributed by atoms with E-state index in [1.165, 1.54) is 6.20 Å². The van der Waals surface area contributed by atoms with Crippen molar-refractivity contribution in [2.75, 3.05) is 13.1 Å². The molecule has 3 aromatic heterocycles. The Kier molecular flexibility index (Phi) is 3.18. The smallest absolute Gasteiger partial charge is 0.343 e. The lowest BCUT2D eigenvalue weighted by atomic mass is 10.0. The Balaban J connectivity index is 1.37. The molecule has 0 aliphatic carbocycles. The average Bonchev–Trinajstić information content (AvgIpc) is 3.29. The number of hydrogen-bond acceptors (Lipinski definition) is 7. The molecule has 3 aromatic rings. The summed E-state index contributed by atoms with van der Waals surface area (Å²) in [5, 5.41) is 11.0. The first kappa shape index (κ1) is 15.5. The minimum atomic E-state index is -0.405. The minimum Gasteiger partial charge on any atom is -0.364 e. The van der Waals surface area contributed by atoms with Crippen molar-refractivity contribution in [1.82, 2.24) is 39.4 Å². The second-order valence-electron chi connectivity index (χ2n) is 6.98.